The highest BCUT2D eigenvalue weighted by Gasteiger charge is 2.23. The summed E-state index contributed by atoms with van der Waals surface area (Å²) in [7, 11) is -3.68. The molecule has 1 aliphatic rings. The Morgan fingerprint density at radius 2 is 1.88 bits per heavy atom. The van der Waals surface area contributed by atoms with Gasteiger partial charge in [-0.05, 0) is 25.3 Å². The third kappa shape index (κ3) is 3.15. The van der Waals surface area contributed by atoms with E-state index in [1.165, 1.54) is 6.20 Å². The molecular weight excluding hydrogens is 326 g/mol. The number of hydrogen-bond donors (Lipinski definition) is 0. The zero-order chi connectivity index (χ0) is 17.2. The minimum atomic E-state index is -3.68. The first-order valence-electron chi connectivity index (χ1n) is 7.98. The van der Waals surface area contributed by atoms with E-state index >= 15 is 0 Å². The van der Waals surface area contributed by atoms with Crippen molar-refractivity contribution in [1.82, 2.24) is 9.47 Å². The van der Waals surface area contributed by atoms with Crippen LogP contribution in [0, 0.1) is 11.3 Å². The molecule has 0 spiro atoms. The number of carbonyl (C=O) groups is 1. The molecule has 24 heavy (non-hydrogen) atoms. The van der Waals surface area contributed by atoms with E-state index in [1.54, 1.807) is 28.8 Å². The highest BCUT2D eigenvalue weighted by molar-refractivity contribution is 7.91. The first-order valence-corrected chi connectivity index (χ1v) is 9.63. The predicted octanol–water partition coefficient (Wildman–Crippen LogP) is 1.95. The van der Waals surface area contributed by atoms with Crippen molar-refractivity contribution >= 4 is 26.6 Å². The largest absolute Gasteiger partial charge is 0.341 e. The maximum Gasteiger partial charge on any atom is 0.242 e. The minimum Gasteiger partial charge on any atom is -0.341 e. The first kappa shape index (κ1) is 16.5. The van der Waals surface area contributed by atoms with E-state index in [0.717, 1.165) is 32.4 Å². The number of likely N-dealkylation sites (tertiary alicyclic amines) is 1. The Morgan fingerprint density at radius 1 is 1.17 bits per heavy atom. The molecule has 0 N–H and O–H groups in total. The SMILES string of the molecule is N#CCS(=O)(=O)c1cn(CC(=O)N2CCCCC2)c2ccccc12. The summed E-state index contributed by atoms with van der Waals surface area (Å²) < 4.78 is 26.3. The molecule has 0 unspecified atom stereocenters. The number of amides is 1. The van der Waals surface area contributed by atoms with E-state index in [1.807, 2.05) is 11.0 Å². The van der Waals surface area contributed by atoms with Gasteiger partial charge in [-0.15, -0.1) is 0 Å². The van der Waals surface area contributed by atoms with Crippen LogP contribution >= 0.6 is 0 Å². The van der Waals surface area contributed by atoms with E-state index in [-0.39, 0.29) is 17.3 Å². The Bertz CT molecular complexity index is 903. The van der Waals surface area contributed by atoms with Crippen molar-refractivity contribution in [2.45, 2.75) is 30.7 Å². The number of hydrogen-bond acceptors (Lipinski definition) is 4. The topological polar surface area (TPSA) is 83.2 Å². The monoisotopic (exact) mass is 345 g/mol. The number of aromatic nitrogens is 1. The van der Waals surface area contributed by atoms with Gasteiger partial charge in [-0.2, -0.15) is 5.26 Å². The Kier molecular flexibility index (Phi) is 4.58. The van der Waals surface area contributed by atoms with Gasteiger partial charge in [0.2, 0.25) is 5.91 Å². The van der Waals surface area contributed by atoms with E-state index in [0.29, 0.717) is 10.9 Å². The van der Waals surface area contributed by atoms with Gasteiger partial charge in [0, 0.05) is 30.2 Å². The molecule has 1 aromatic heterocycles. The third-order valence-electron chi connectivity index (χ3n) is 4.36. The molecule has 126 valence electrons. The van der Waals surface area contributed by atoms with Gasteiger partial charge in [-0.1, -0.05) is 18.2 Å². The molecule has 2 heterocycles. The standard InChI is InChI=1S/C17H19N3O3S/c18-8-11-24(22,23)16-12-20(15-7-3-2-6-14(15)16)13-17(21)19-9-4-1-5-10-19/h2-3,6-7,12H,1,4-5,9-11,13H2. The van der Waals surface area contributed by atoms with Crippen LogP contribution in [0.15, 0.2) is 35.4 Å². The summed E-state index contributed by atoms with van der Waals surface area (Å²) in [5.41, 5.74) is 0.694. The van der Waals surface area contributed by atoms with Crippen molar-refractivity contribution in [3.05, 3.63) is 30.5 Å². The fourth-order valence-electron chi connectivity index (χ4n) is 3.14. The lowest BCUT2D eigenvalue weighted by Gasteiger charge is -2.27. The summed E-state index contributed by atoms with van der Waals surface area (Å²) in [4.78, 5) is 14.5. The molecule has 6 nitrogen and oxygen atoms in total. The van der Waals surface area contributed by atoms with Crippen molar-refractivity contribution in [1.29, 1.82) is 5.26 Å². The summed E-state index contributed by atoms with van der Waals surface area (Å²) in [5, 5.41) is 9.32. The van der Waals surface area contributed by atoms with Crippen LogP contribution in [-0.2, 0) is 21.2 Å². The number of para-hydroxylation sites is 1. The van der Waals surface area contributed by atoms with Crippen LogP contribution in [-0.4, -0.2) is 42.6 Å². The van der Waals surface area contributed by atoms with Crippen LogP contribution in [0.4, 0.5) is 0 Å². The van der Waals surface area contributed by atoms with Gasteiger partial charge >= 0.3 is 0 Å². The molecule has 0 aliphatic carbocycles. The molecule has 2 aromatic rings. The van der Waals surface area contributed by atoms with Crippen LogP contribution < -0.4 is 0 Å². The summed E-state index contributed by atoms with van der Waals surface area (Å²) >= 11 is 0. The van der Waals surface area contributed by atoms with Gasteiger partial charge in [0.05, 0.1) is 11.0 Å². The molecule has 1 aromatic carbocycles. The number of sulfone groups is 1. The predicted molar refractivity (Wildman–Crippen MR) is 90.0 cm³/mol. The molecule has 0 saturated carbocycles. The second kappa shape index (κ2) is 6.65. The van der Waals surface area contributed by atoms with E-state index in [4.69, 9.17) is 5.26 Å². The van der Waals surface area contributed by atoms with Gasteiger partial charge in [0.1, 0.15) is 12.3 Å². The van der Waals surface area contributed by atoms with Crippen LogP contribution in [0.2, 0.25) is 0 Å². The fourth-order valence-corrected chi connectivity index (χ4v) is 4.26. The molecule has 0 bridgehead atoms. The Balaban J connectivity index is 1.97. The Morgan fingerprint density at radius 3 is 2.58 bits per heavy atom. The van der Waals surface area contributed by atoms with Gasteiger partial charge in [0.15, 0.2) is 9.84 Å². The van der Waals surface area contributed by atoms with Crippen molar-refractivity contribution in [3.63, 3.8) is 0 Å². The molecule has 1 fully saturated rings. The van der Waals surface area contributed by atoms with Crippen LogP contribution in [0.1, 0.15) is 19.3 Å². The lowest BCUT2D eigenvalue weighted by Crippen LogP contribution is -2.37. The number of nitriles is 1. The molecule has 0 atom stereocenters. The lowest BCUT2D eigenvalue weighted by atomic mass is 10.1. The smallest absolute Gasteiger partial charge is 0.242 e. The average molecular weight is 345 g/mol. The second-order valence-electron chi connectivity index (χ2n) is 6.00. The van der Waals surface area contributed by atoms with Crippen LogP contribution in [0.25, 0.3) is 10.9 Å². The highest BCUT2D eigenvalue weighted by atomic mass is 32.2. The van der Waals surface area contributed by atoms with Crippen molar-refractivity contribution in [2.75, 3.05) is 18.8 Å². The number of rotatable bonds is 4. The van der Waals surface area contributed by atoms with Crippen molar-refractivity contribution < 1.29 is 13.2 Å². The molecular formula is C17H19N3O3S. The Labute approximate surface area is 141 Å². The van der Waals surface area contributed by atoms with Crippen molar-refractivity contribution in [2.24, 2.45) is 0 Å². The molecule has 1 saturated heterocycles. The number of piperidine rings is 1. The number of carbonyl (C=O) groups excluding carboxylic acids is 1. The summed E-state index contributed by atoms with van der Waals surface area (Å²) in [6, 6.07) is 8.77. The molecule has 3 rings (SSSR count). The zero-order valence-corrected chi connectivity index (χ0v) is 14.1. The van der Waals surface area contributed by atoms with E-state index in [9.17, 15) is 13.2 Å². The molecule has 1 aliphatic heterocycles. The zero-order valence-electron chi connectivity index (χ0n) is 13.3. The van der Waals surface area contributed by atoms with Gasteiger partial charge in [0.25, 0.3) is 0 Å². The number of nitrogens with zero attached hydrogens (tertiary/aromatic N) is 3. The van der Waals surface area contributed by atoms with E-state index < -0.39 is 15.6 Å². The average Bonchev–Trinajstić information content (AvgIpc) is 2.95. The number of benzene rings is 1. The maximum atomic E-state index is 12.5. The molecule has 0 radical (unpaired) electrons. The maximum absolute atomic E-state index is 12.5. The van der Waals surface area contributed by atoms with Gasteiger partial charge in [-0.25, -0.2) is 8.42 Å². The first-order chi connectivity index (χ1) is 11.5. The minimum absolute atomic E-state index is 0.000292. The fraction of sp³-hybridized carbons (Fsp3) is 0.412. The van der Waals surface area contributed by atoms with Crippen molar-refractivity contribution in [3.8, 4) is 6.07 Å². The quantitative estimate of drug-likeness (QED) is 0.848. The summed E-state index contributed by atoms with van der Waals surface area (Å²) in [6.07, 6.45) is 4.66. The lowest BCUT2D eigenvalue weighted by molar-refractivity contribution is -0.132. The third-order valence-corrected chi connectivity index (χ3v) is 5.86. The molecule has 1 amide bonds. The number of fused-ring (bicyclic) bond motifs is 1. The van der Waals surface area contributed by atoms with Gasteiger partial charge < -0.3 is 9.47 Å². The van der Waals surface area contributed by atoms with Crippen LogP contribution in [0.3, 0.4) is 0 Å². The second-order valence-corrected chi connectivity index (χ2v) is 7.96. The molecule has 7 heteroatoms. The summed E-state index contributed by atoms with van der Waals surface area (Å²) in [5.74, 6) is -0.569. The van der Waals surface area contributed by atoms with Gasteiger partial charge in [-0.3, -0.25) is 4.79 Å². The highest BCUT2D eigenvalue weighted by Crippen LogP contribution is 2.26. The van der Waals surface area contributed by atoms with E-state index in [2.05, 4.69) is 0 Å². The Hall–Kier alpha value is -2.33. The van der Waals surface area contributed by atoms with Crippen LogP contribution in [0.5, 0.6) is 0 Å². The normalized spacial score (nSPS) is 15.4. The summed E-state index contributed by atoms with van der Waals surface area (Å²) in [6.45, 7) is 1.64.